The Labute approximate surface area is 85.5 Å². The van der Waals surface area contributed by atoms with E-state index in [-0.39, 0.29) is 16.5 Å². The van der Waals surface area contributed by atoms with Gasteiger partial charge in [-0.1, -0.05) is 33.1 Å². The molecule has 0 rings (SSSR count). The zero-order valence-electron chi connectivity index (χ0n) is 7.86. The Kier molecular flexibility index (Phi) is 10.5. The first kappa shape index (κ1) is 15.2. The molecule has 0 spiro atoms. The van der Waals surface area contributed by atoms with Gasteiger partial charge in [0.2, 0.25) is 0 Å². The molecule has 0 aliphatic rings. The number of hydrogen-bond acceptors (Lipinski definition) is 1. The first-order valence-corrected chi connectivity index (χ1v) is 6.46. The van der Waals surface area contributed by atoms with Gasteiger partial charge in [0.25, 0.3) is 0 Å². The Hall–Kier alpha value is 0.684. The maximum atomic E-state index is 11.1. The molecular formula is C8H19NiO2P. The number of hydrogen-bond donors (Lipinski definition) is 1. The average molecular weight is 237 g/mol. The largest absolute Gasteiger partial charge is 0.344 e. The van der Waals surface area contributed by atoms with E-state index in [0.29, 0.717) is 12.3 Å². The van der Waals surface area contributed by atoms with Gasteiger partial charge in [-0.05, 0) is 6.42 Å². The molecule has 0 radical (unpaired) electrons. The minimum atomic E-state index is -2.71. The molecule has 78 valence electrons. The molecule has 0 heterocycles. The summed E-state index contributed by atoms with van der Waals surface area (Å²) in [5.41, 5.74) is 0. The smallest absolute Gasteiger partial charge is 0.200 e. The van der Waals surface area contributed by atoms with E-state index < -0.39 is 7.37 Å². The molecule has 0 saturated heterocycles. The normalized spacial score (nSPS) is 14.9. The molecule has 12 heavy (non-hydrogen) atoms. The van der Waals surface area contributed by atoms with Crippen molar-refractivity contribution >= 4 is 7.37 Å². The second kappa shape index (κ2) is 8.29. The van der Waals surface area contributed by atoms with Crippen LogP contribution in [0.2, 0.25) is 0 Å². The number of rotatable bonds is 6. The van der Waals surface area contributed by atoms with Gasteiger partial charge >= 0.3 is 0 Å². The van der Waals surface area contributed by atoms with Crippen LogP contribution in [0.3, 0.4) is 0 Å². The van der Waals surface area contributed by atoms with Crippen LogP contribution in [0.15, 0.2) is 0 Å². The molecule has 0 aliphatic heterocycles. The van der Waals surface area contributed by atoms with Crippen LogP contribution in [0.25, 0.3) is 0 Å². The SMILES string of the molecule is CCCCCCP(=O)(O)CC.[Ni]. The average Bonchev–Trinajstić information content (AvgIpc) is 1.99. The molecule has 0 aromatic heterocycles. The fourth-order valence-electron chi connectivity index (χ4n) is 0.944. The first-order valence-electron chi connectivity index (χ1n) is 4.43. The molecule has 0 aromatic carbocycles. The summed E-state index contributed by atoms with van der Waals surface area (Å²) in [6, 6.07) is 0. The molecular weight excluding hydrogens is 218 g/mol. The van der Waals surface area contributed by atoms with Crippen LogP contribution in [-0.4, -0.2) is 17.2 Å². The Balaban J connectivity index is 0. The minimum Gasteiger partial charge on any atom is -0.344 e. The van der Waals surface area contributed by atoms with E-state index in [4.69, 9.17) is 0 Å². The van der Waals surface area contributed by atoms with E-state index in [2.05, 4.69) is 6.92 Å². The molecule has 0 aliphatic carbocycles. The van der Waals surface area contributed by atoms with Crippen LogP contribution in [0.4, 0.5) is 0 Å². The van der Waals surface area contributed by atoms with E-state index in [1.54, 1.807) is 6.92 Å². The van der Waals surface area contributed by atoms with Crippen molar-refractivity contribution in [2.24, 2.45) is 0 Å². The van der Waals surface area contributed by atoms with Crippen molar-refractivity contribution in [3.8, 4) is 0 Å². The fraction of sp³-hybridized carbons (Fsp3) is 1.00. The van der Waals surface area contributed by atoms with Crippen LogP contribution >= 0.6 is 7.37 Å². The van der Waals surface area contributed by atoms with Crippen LogP contribution in [0.5, 0.6) is 0 Å². The summed E-state index contributed by atoms with van der Waals surface area (Å²) in [4.78, 5) is 9.18. The quantitative estimate of drug-likeness (QED) is 0.438. The maximum absolute atomic E-state index is 11.1. The van der Waals surface area contributed by atoms with Gasteiger partial charge in [-0.25, -0.2) is 0 Å². The molecule has 2 nitrogen and oxygen atoms in total. The summed E-state index contributed by atoms with van der Waals surface area (Å²) in [7, 11) is -2.71. The van der Waals surface area contributed by atoms with Crippen molar-refractivity contribution in [3.63, 3.8) is 0 Å². The van der Waals surface area contributed by atoms with E-state index in [0.717, 1.165) is 12.8 Å². The standard InChI is InChI=1S/C8H19O2P.Ni/c1-3-5-6-7-8-11(9,10)4-2;/h3-8H2,1-2H3,(H,9,10);. The second-order valence-corrected chi connectivity index (χ2v) is 5.72. The van der Waals surface area contributed by atoms with Gasteiger partial charge in [-0.15, -0.1) is 0 Å². The molecule has 1 unspecified atom stereocenters. The summed E-state index contributed by atoms with van der Waals surface area (Å²) in [6.07, 6.45) is 5.32. The molecule has 0 aromatic rings. The summed E-state index contributed by atoms with van der Waals surface area (Å²) >= 11 is 0. The zero-order valence-corrected chi connectivity index (χ0v) is 9.74. The predicted octanol–water partition coefficient (Wildman–Crippen LogP) is 2.85. The number of unbranched alkanes of at least 4 members (excludes halogenated alkanes) is 3. The van der Waals surface area contributed by atoms with Gasteiger partial charge in [0.05, 0.1) is 0 Å². The van der Waals surface area contributed by atoms with Gasteiger partial charge in [0.15, 0.2) is 7.37 Å². The van der Waals surface area contributed by atoms with Crippen molar-refractivity contribution in [2.75, 3.05) is 12.3 Å². The van der Waals surface area contributed by atoms with Gasteiger partial charge in [-0.3, -0.25) is 4.57 Å². The van der Waals surface area contributed by atoms with Crippen LogP contribution in [0, 0.1) is 0 Å². The molecule has 0 saturated carbocycles. The van der Waals surface area contributed by atoms with E-state index >= 15 is 0 Å². The Morgan fingerprint density at radius 3 is 2.17 bits per heavy atom. The van der Waals surface area contributed by atoms with Crippen LogP contribution in [-0.2, 0) is 21.1 Å². The molecule has 0 amide bonds. The van der Waals surface area contributed by atoms with Gasteiger partial charge in [0.1, 0.15) is 0 Å². The van der Waals surface area contributed by atoms with E-state index in [9.17, 15) is 9.46 Å². The molecule has 0 fully saturated rings. The van der Waals surface area contributed by atoms with Gasteiger partial charge in [0, 0.05) is 28.8 Å². The summed E-state index contributed by atoms with van der Waals surface area (Å²) in [6.45, 7) is 3.92. The van der Waals surface area contributed by atoms with Crippen LogP contribution in [0.1, 0.15) is 39.5 Å². The summed E-state index contributed by atoms with van der Waals surface area (Å²) in [5.74, 6) is 0. The van der Waals surface area contributed by atoms with Crippen molar-refractivity contribution in [1.82, 2.24) is 0 Å². The Bertz CT molecular complexity index is 139. The monoisotopic (exact) mass is 236 g/mol. The van der Waals surface area contributed by atoms with Crippen molar-refractivity contribution < 1.29 is 25.9 Å². The molecule has 0 bridgehead atoms. The molecule has 1 atom stereocenters. The topological polar surface area (TPSA) is 37.3 Å². The molecule has 4 heteroatoms. The third-order valence-corrected chi connectivity index (χ3v) is 3.86. The van der Waals surface area contributed by atoms with Gasteiger partial charge < -0.3 is 4.89 Å². The third-order valence-electron chi connectivity index (χ3n) is 1.86. The maximum Gasteiger partial charge on any atom is 0.200 e. The fourth-order valence-corrected chi connectivity index (χ4v) is 1.98. The van der Waals surface area contributed by atoms with Crippen LogP contribution < -0.4 is 0 Å². The van der Waals surface area contributed by atoms with E-state index in [1.807, 2.05) is 0 Å². The predicted molar refractivity (Wildman–Crippen MR) is 49.4 cm³/mol. The van der Waals surface area contributed by atoms with E-state index in [1.165, 1.54) is 12.8 Å². The summed E-state index contributed by atoms with van der Waals surface area (Å²) < 4.78 is 11.1. The van der Waals surface area contributed by atoms with Crippen molar-refractivity contribution in [1.29, 1.82) is 0 Å². The Morgan fingerprint density at radius 1 is 1.17 bits per heavy atom. The Morgan fingerprint density at radius 2 is 1.75 bits per heavy atom. The third kappa shape index (κ3) is 8.78. The zero-order chi connectivity index (χ0) is 8.74. The van der Waals surface area contributed by atoms with Crippen molar-refractivity contribution in [3.05, 3.63) is 0 Å². The minimum absolute atomic E-state index is 0. The van der Waals surface area contributed by atoms with Crippen molar-refractivity contribution in [2.45, 2.75) is 39.5 Å². The second-order valence-electron chi connectivity index (χ2n) is 2.95. The molecule has 1 N–H and O–H groups in total. The first-order chi connectivity index (χ1) is 5.12. The summed E-state index contributed by atoms with van der Waals surface area (Å²) in [5, 5.41) is 0. The van der Waals surface area contributed by atoms with Gasteiger partial charge in [-0.2, -0.15) is 0 Å².